The maximum atomic E-state index is 13.2. The molecule has 1 aliphatic heterocycles. The van der Waals surface area contributed by atoms with E-state index in [1.807, 2.05) is 0 Å². The zero-order chi connectivity index (χ0) is 15.3. The lowest BCUT2D eigenvalue weighted by Gasteiger charge is -2.37. The molecule has 1 aromatic rings. The smallest absolute Gasteiger partial charge is 0.388 e. The number of rotatable bonds is 2. The van der Waals surface area contributed by atoms with Gasteiger partial charge in [-0.3, -0.25) is 4.79 Å². The number of fused-ring (bicyclic) bond motifs is 1. The van der Waals surface area contributed by atoms with Gasteiger partial charge in [0.2, 0.25) is 0 Å². The zero-order valence-electron chi connectivity index (χ0n) is 10.8. The summed E-state index contributed by atoms with van der Waals surface area (Å²) in [4.78, 5) is 12.9. The van der Waals surface area contributed by atoms with Crippen LogP contribution in [0.4, 0.5) is 13.2 Å². The summed E-state index contributed by atoms with van der Waals surface area (Å²) in [5.74, 6) is -0.725. The van der Waals surface area contributed by atoms with Crippen LogP contribution < -0.4 is 0 Å². The monoisotopic (exact) mass is 351 g/mol. The number of carbonyl (C=O) groups excluding carboxylic acids is 1. The van der Waals surface area contributed by atoms with Crippen LogP contribution in [0.3, 0.4) is 0 Å². The summed E-state index contributed by atoms with van der Waals surface area (Å²) in [6.07, 6.45) is -4.71. The lowest BCUT2D eigenvalue weighted by atomic mass is 9.97. The summed E-state index contributed by atoms with van der Waals surface area (Å²) in [6, 6.07) is 2.62. The molecule has 1 heterocycles. The summed E-state index contributed by atoms with van der Waals surface area (Å²) >= 11 is 3.17. The maximum absolute atomic E-state index is 13.2. The minimum absolute atomic E-state index is 0.165. The van der Waals surface area contributed by atoms with Gasteiger partial charge in [-0.15, -0.1) is 0 Å². The van der Waals surface area contributed by atoms with Crippen LogP contribution in [-0.2, 0) is 6.54 Å². The van der Waals surface area contributed by atoms with Gasteiger partial charge >= 0.3 is 6.18 Å². The number of aliphatic hydroxyl groups is 1. The Balaban J connectivity index is 2.46. The van der Waals surface area contributed by atoms with Gasteiger partial charge in [0.1, 0.15) is 0 Å². The first-order chi connectivity index (χ1) is 9.03. The molecule has 0 unspecified atom stereocenters. The van der Waals surface area contributed by atoms with E-state index in [9.17, 15) is 23.1 Å². The molecular formula is C13H13BrF3NO2. The fourth-order valence-electron chi connectivity index (χ4n) is 2.51. The van der Waals surface area contributed by atoms with E-state index in [1.54, 1.807) is 18.2 Å². The van der Waals surface area contributed by atoms with Crippen molar-refractivity contribution in [2.24, 2.45) is 0 Å². The fourth-order valence-corrected chi connectivity index (χ4v) is 3.08. The van der Waals surface area contributed by atoms with Crippen molar-refractivity contribution in [2.75, 3.05) is 0 Å². The van der Waals surface area contributed by atoms with Gasteiger partial charge in [-0.25, -0.2) is 0 Å². The van der Waals surface area contributed by atoms with Crippen LogP contribution in [0.5, 0.6) is 0 Å². The molecule has 0 spiro atoms. The molecular weight excluding hydrogens is 339 g/mol. The Kier molecular flexibility index (Phi) is 3.62. The molecule has 7 heteroatoms. The number of nitrogens with zero attached hydrogens (tertiary/aromatic N) is 1. The van der Waals surface area contributed by atoms with E-state index in [0.29, 0.717) is 14.9 Å². The third-order valence-corrected chi connectivity index (χ3v) is 3.87. The van der Waals surface area contributed by atoms with Gasteiger partial charge in [-0.2, -0.15) is 13.2 Å². The van der Waals surface area contributed by atoms with Gasteiger partial charge in [0.25, 0.3) is 5.91 Å². The lowest BCUT2D eigenvalue weighted by Crippen LogP contribution is -2.57. The number of hydrogen-bond acceptors (Lipinski definition) is 2. The minimum atomic E-state index is -4.71. The van der Waals surface area contributed by atoms with Gasteiger partial charge in [0, 0.05) is 11.0 Å². The van der Waals surface area contributed by atoms with Crippen LogP contribution in [0.1, 0.15) is 29.8 Å². The number of carbonyl (C=O) groups is 1. The van der Waals surface area contributed by atoms with E-state index in [2.05, 4.69) is 15.9 Å². The number of hydrogen-bond donors (Lipinski definition) is 1. The topological polar surface area (TPSA) is 40.5 Å². The third-order valence-electron chi connectivity index (χ3n) is 3.21. The molecule has 0 saturated heterocycles. The first-order valence-corrected chi connectivity index (χ1v) is 6.70. The highest BCUT2D eigenvalue weighted by molar-refractivity contribution is 9.10. The van der Waals surface area contributed by atoms with Crippen LogP contribution >= 0.6 is 15.9 Å². The van der Waals surface area contributed by atoms with Crippen molar-refractivity contribution in [2.45, 2.75) is 38.2 Å². The Morgan fingerprint density at radius 1 is 1.35 bits per heavy atom. The van der Waals surface area contributed by atoms with Gasteiger partial charge < -0.3 is 10.0 Å². The molecule has 0 saturated carbocycles. The molecule has 0 aliphatic carbocycles. The van der Waals surface area contributed by atoms with E-state index >= 15 is 0 Å². The predicted octanol–water partition coefficient (Wildman–Crippen LogP) is 3.11. The highest BCUT2D eigenvalue weighted by Gasteiger charge is 2.55. The van der Waals surface area contributed by atoms with E-state index in [-0.39, 0.29) is 12.1 Å². The molecule has 3 nitrogen and oxygen atoms in total. The van der Waals surface area contributed by atoms with Gasteiger partial charge in [0.15, 0.2) is 6.04 Å². The second-order valence-corrected chi connectivity index (χ2v) is 6.16. The second kappa shape index (κ2) is 4.73. The van der Waals surface area contributed by atoms with E-state index in [1.165, 1.54) is 0 Å². The summed E-state index contributed by atoms with van der Waals surface area (Å²) in [5.41, 5.74) is -1.34. The highest BCUT2D eigenvalue weighted by atomic mass is 79.9. The molecule has 1 N–H and O–H groups in total. The van der Waals surface area contributed by atoms with Crippen LogP contribution in [0.25, 0.3) is 0 Å². The molecule has 20 heavy (non-hydrogen) atoms. The summed E-state index contributed by atoms with van der Waals surface area (Å²) < 4.78 is 40.1. The van der Waals surface area contributed by atoms with Crippen LogP contribution in [0.2, 0.25) is 0 Å². The van der Waals surface area contributed by atoms with Crippen molar-refractivity contribution in [3.8, 4) is 0 Å². The molecule has 110 valence electrons. The number of amides is 1. The first-order valence-electron chi connectivity index (χ1n) is 5.91. The maximum Gasteiger partial charge on any atom is 0.411 e. The largest absolute Gasteiger partial charge is 0.411 e. The van der Waals surface area contributed by atoms with Crippen molar-refractivity contribution < 1.29 is 23.1 Å². The predicted molar refractivity (Wildman–Crippen MR) is 70.2 cm³/mol. The first kappa shape index (κ1) is 15.3. The zero-order valence-corrected chi connectivity index (χ0v) is 12.4. The van der Waals surface area contributed by atoms with Crippen LogP contribution in [-0.4, -0.2) is 33.7 Å². The molecule has 0 fully saturated rings. The standard InChI is InChI=1S/C13H13BrF3NO2/c1-12(2,20)11(13(15,16)17)18-6-7-4-3-5-8(14)9(7)10(18)19/h3-5,11,20H,6H2,1-2H3/t11-/m1/s1. The molecule has 0 radical (unpaired) electrons. The van der Waals surface area contributed by atoms with Crippen molar-refractivity contribution >= 4 is 21.8 Å². The average Bonchev–Trinajstić information content (AvgIpc) is 2.53. The number of halogens is 4. The van der Waals surface area contributed by atoms with Crippen LogP contribution in [0.15, 0.2) is 22.7 Å². The number of benzene rings is 1. The van der Waals surface area contributed by atoms with Gasteiger partial charge in [-0.05, 0) is 41.4 Å². The van der Waals surface area contributed by atoms with E-state index in [0.717, 1.165) is 13.8 Å². The normalized spacial score (nSPS) is 17.4. The summed E-state index contributed by atoms with van der Waals surface area (Å²) in [7, 11) is 0. The third kappa shape index (κ3) is 2.56. The van der Waals surface area contributed by atoms with Gasteiger partial charge in [-0.1, -0.05) is 12.1 Å². The molecule has 0 bridgehead atoms. The Morgan fingerprint density at radius 2 is 1.95 bits per heavy atom. The lowest BCUT2D eigenvalue weighted by molar-refractivity contribution is -0.219. The Bertz CT molecular complexity index is 538. The Labute approximate surface area is 122 Å². The van der Waals surface area contributed by atoms with Crippen molar-refractivity contribution in [1.29, 1.82) is 0 Å². The van der Waals surface area contributed by atoms with Crippen molar-refractivity contribution in [3.63, 3.8) is 0 Å². The highest BCUT2D eigenvalue weighted by Crippen LogP contribution is 2.39. The fraction of sp³-hybridized carbons (Fsp3) is 0.462. The Morgan fingerprint density at radius 3 is 2.40 bits per heavy atom. The molecule has 1 aromatic carbocycles. The van der Waals surface area contributed by atoms with Gasteiger partial charge in [0.05, 0.1) is 11.2 Å². The molecule has 1 atom stereocenters. The van der Waals surface area contributed by atoms with Crippen molar-refractivity contribution in [3.05, 3.63) is 33.8 Å². The second-order valence-electron chi connectivity index (χ2n) is 5.30. The Hall–Kier alpha value is -1.08. The van der Waals surface area contributed by atoms with E-state index in [4.69, 9.17) is 0 Å². The average molecular weight is 352 g/mol. The minimum Gasteiger partial charge on any atom is -0.388 e. The number of alkyl halides is 3. The molecule has 0 aromatic heterocycles. The summed E-state index contributed by atoms with van der Waals surface area (Å²) in [6.45, 7) is 1.94. The van der Waals surface area contributed by atoms with Crippen LogP contribution in [0, 0.1) is 0 Å². The molecule has 1 amide bonds. The SMILES string of the molecule is CC(C)(O)[C@@H](N1Cc2cccc(Br)c2C1=O)C(F)(F)F. The quantitative estimate of drug-likeness (QED) is 0.889. The molecule has 1 aliphatic rings. The molecule has 2 rings (SSSR count). The summed E-state index contributed by atoms with van der Waals surface area (Å²) in [5, 5.41) is 9.81. The van der Waals surface area contributed by atoms with Crippen molar-refractivity contribution in [1.82, 2.24) is 4.90 Å². The van der Waals surface area contributed by atoms with E-state index < -0.39 is 23.7 Å².